The van der Waals surface area contributed by atoms with Gasteiger partial charge in [0.2, 0.25) is 0 Å². The Bertz CT molecular complexity index is 1080. The number of hydrogen-bond donors (Lipinski definition) is 1. The Morgan fingerprint density at radius 1 is 1.06 bits per heavy atom. The number of para-hydroxylation sites is 1. The second kappa shape index (κ2) is 11.0. The van der Waals surface area contributed by atoms with Gasteiger partial charge in [-0.25, -0.2) is 0 Å². The molecular weight excluding hydrogens is 404 g/mol. The molecule has 6 heteroatoms. The van der Waals surface area contributed by atoms with Crippen molar-refractivity contribution in [2.45, 2.75) is 33.4 Å². The van der Waals surface area contributed by atoms with Crippen molar-refractivity contribution < 1.29 is 14.4 Å². The van der Waals surface area contributed by atoms with E-state index in [1.807, 2.05) is 31.2 Å². The summed E-state index contributed by atoms with van der Waals surface area (Å²) in [5.41, 5.74) is 5.24. The van der Waals surface area contributed by atoms with Crippen LogP contribution in [0.25, 0.3) is 0 Å². The van der Waals surface area contributed by atoms with Crippen LogP contribution in [0.3, 0.4) is 0 Å². The van der Waals surface area contributed by atoms with Gasteiger partial charge in [0.1, 0.15) is 6.61 Å². The maximum atomic E-state index is 10.9. The molecule has 0 amide bonds. The second-order valence-electron chi connectivity index (χ2n) is 7.39. The Balaban J connectivity index is 1.82. The SMILES string of the molecule is C=CCc1cc(CNc2ccccc2C)cc(OCC)c1OCc1ccc([N+](=O)[O-])cc1. The molecule has 0 saturated carbocycles. The maximum absolute atomic E-state index is 10.9. The minimum Gasteiger partial charge on any atom is -0.490 e. The minimum absolute atomic E-state index is 0.0570. The smallest absolute Gasteiger partial charge is 0.269 e. The normalized spacial score (nSPS) is 10.4. The molecule has 0 aliphatic carbocycles. The van der Waals surface area contributed by atoms with E-state index in [1.54, 1.807) is 12.1 Å². The molecule has 0 spiro atoms. The standard InChI is InChI=1S/C26H28N2O4/c1-4-8-22-15-21(17-27-24-10-7-6-9-19(24)3)16-25(31-5-2)26(22)32-18-20-11-13-23(14-12-20)28(29)30/h4,6-7,9-16,27H,1,5,8,17-18H2,2-3H3. The lowest BCUT2D eigenvalue weighted by atomic mass is 10.0. The summed E-state index contributed by atoms with van der Waals surface area (Å²) in [5.74, 6) is 1.35. The zero-order chi connectivity index (χ0) is 22.9. The van der Waals surface area contributed by atoms with Crippen LogP contribution >= 0.6 is 0 Å². The Morgan fingerprint density at radius 2 is 1.81 bits per heavy atom. The van der Waals surface area contributed by atoms with Crippen molar-refractivity contribution in [3.8, 4) is 11.5 Å². The van der Waals surface area contributed by atoms with Gasteiger partial charge >= 0.3 is 0 Å². The summed E-state index contributed by atoms with van der Waals surface area (Å²) in [4.78, 5) is 10.4. The van der Waals surface area contributed by atoms with Gasteiger partial charge in [-0.15, -0.1) is 6.58 Å². The molecule has 3 aromatic carbocycles. The molecule has 1 N–H and O–H groups in total. The van der Waals surface area contributed by atoms with Crippen LogP contribution in [0.15, 0.2) is 73.3 Å². The number of ether oxygens (including phenoxy) is 2. The topological polar surface area (TPSA) is 73.6 Å². The van der Waals surface area contributed by atoms with Gasteiger partial charge in [0.15, 0.2) is 11.5 Å². The molecule has 0 radical (unpaired) electrons. The predicted octanol–water partition coefficient (Wildman–Crippen LogP) is 6.22. The molecule has 0 aromatic heterocycles. The Morgan fingerprint density at radius 3 is 2.47 bits per heavy atom. The number of benzene rings is 3. The molecule has 0 atom stereocenters. The number of rotatable bonds is 11. The van der Waals surface area contributed by atoms with E-state index in [0.717, 1.165) is 22.4 Å². The fourth-order valence-corrected chi connectivity index (χ4v) is 3.40. The number of aryl methyl sites for hydroxylation is 1. The van der Waals surface area contributed by atoms with Crippen molar-refractivity contribution in [1.29, 1.82) is 0 Å². The number of nitro groups is 1. The number of hydrogen-bond acceptors (Lipinski definition) is 5. The molecular formula is C26H28N2O4. The summed E-state index contributed by atoms with van der Waals surface area (Å²) in [7, 11) is 0. The first kappa shape index (κ1) is 22.9. The van der Waals surface area contributed by atoms with Crippen LogP contribution in [0.4, 0.5) is 11.4 Å². The first-order chi connectivity index (χ1) is 15.5. The summed E-state index contributed by atoms with van der Waals surface area (Å²) in [6.45, 7) is 9.33. The largest absolute Gasteiger partial charge is 0.490 e. The van der Waals surface area contributed by atoms with Gasteiger partial charge in [0, 0.05) is 29.9 Å². The molecule has 0 aliphatic rings. The number of nitrogens with one attached hydrogen (secondary N) is 1. The molecule has 0 heterocycles. The van der Waals surface area contributed by atoms with E-state index >= 15 is 0 Å². The van der Waals surface area contributed by atoms with Gasteiger partial charge in [-0.1, -0.05) is 24.3 Å². The highest BCUT2D eigenvalue weighted by Gasteiger charge is 2.14. The van der Waals surface area contributed by atoms with Crippen molar-refractivity contribution >= 4 is 11.4 Å². The second-order valence-corrected chi connectivity index (χ2v) is 7.39. The van der Waals surface area contributed by atoms with E-state index in [0.29, 0.717) is 31.1 Å². The van der Waals surface area contributed by atoms with Crippen LogP contribution in [-0.4, -0.2) is 11.5 Å². The summed E-state index contributed by atoms with van der Waals surface area (Å²) >= 11 is 0. The average molecular weight is 433 g/mol. The van der Waals surface area contributed by atoms with E-state index in [1.165, 1.54) is 17.7 Å². The number of non-ortho nitro benzene ring substituents is 1. The zero-order valence-corrected chi connectivity index (χ0v) is 18.5. The molecule has 3 rings (SSSR count). The lowest BCUT2D eigenvalue weighted by Crippen LogP contribution is -2.06. The summed E-state index contributed by atoms with van der Waals surface area (Å²) < 4.78 is 12.0. The Kier molecular flexibility index (Phi) is 7.86. The van der Waals surface area contributed by atoms with Crippen molar-refractivity contribution in [2.75, 3.05) is 11.9 Å². The number of anilines is 1. The van der Waals surface area contributed by atoms with Crippen LogP contribution in [0.1, 0.15) is 29.2 Å². The van der Waals surface area contributed by atoms with Crippen LogP contribution in [-0.2, 0) is 19.6 Å². The summed E-state index contributed by atoms with van der Waals surface area (Å²) in [6, 6.07) is 18.6. The van der Waals surface area contributed by atoms with Crippen molar-refractivity contribution in [2.24, 2.45) is 0 Å². The molecule has 0 fully saturated rings. The Hall–Kier alpha value is -3.80. The van der Waals surface area contributed by atoms with Crippen molar-refractivity contribution in [3.05, 3.63) is 106 Å². The zero-order valence-electron chi connectivity index (χ0n) is 18.5. The molecule has 0 aliphatic heterocycles. The van der Waals surface area contributed by atoms with Crippen molar-refractivity contribution in [1.82, 2.24) is 0 Å². The number of nitro benzene ring substituents is 1. The van der Waals surface area contributed by atoms with E-state index in [-0.39, 0.29) is 12.3 Å². The molecule has 0 unspecified atom stereocenters. The average Bonchev–Trinajstić information content (AvgIpc) is 2.78. The van der Waals surface area contributed by atoms with Gasteiger partial charge in [0.25, 0.3) is 5.69 Å². The Labute approximate surface area is 188 Å². The summed E-state index contributed by atoms with van der Waals surface area (Å²) in [6.07, 6.45) is 2.47. The first-order valence-corrected chi connectivity index (χ1v) is 10.6. The number of allylic oxidation sites excluding steroid dienone is 1. The van der Waals surface area contributed by atoms with E-state index < -0.39 is 4.92 Å². The molecule has 6 nitrogen and oxygen atoms in total. The maximum Gasteiger partial charge on any atom is 0.269 e. The fourth-order valence-electron chi connectivity index (χ4n) is 3.40. The third-order valence-corrected chi connectivity index (χ3v) is 5.01. The highest BCUT2D eigenvalue weighted by Crippen LogP contribution is 2.35. The highest BCUT2D eigenvalue weighted by atomic mass is 16.6. The predicted molar refractivity (Wildman–Crippen MR) is 127 cm³/mol. The van der Waals surface area contributed by atoms with Gasteiger partial charge < -0.3 is 14.8 Å². The fraction of sp³-hybridized carbons (Fsp3) is 0.231. The molecule has 166 valence electrons. The van der Waals surface area contributed by atoms with Crippen LogP contribution in [0, 0.1) is 17.0 Å². The van der Waals surface area contributed by atoms with Crippen LogP contribution < -0.4 is 14.8 Å². The van der Waals surface area contributed by atoms with E-state index in [4.69, 9.17) is 9.47 Å². The van der Waals surface area contributed by atoms with E-state index in [9.17, 15) is 10.1 Å². The van der Waals surface area contributed by atoms with Gasteiger partial charge in [0.05, 0.1) is 11.5 Å². The van der Waals surface area contributed by atoms with Gasteiger partial charge in [-0.3, -0.25) is 10.1 Å². The van der Waals surface area contributed by atoms with Crippen molar-refractivity contribution in [3.63, 3.8) is 0 Å². The highest BCUT2D eigenvalue weighted by molar-refractivity contribution is 5.54. The molecule has 0 saturated heterocycles. The molecule has 0 bridgehead atoms. The lowest BCUT2D eigenvalue weighted by Gasteiger charge is -2.18. The van der Waals surface area contributed by atoms with Gasteiger partial charge in [-0.2, -0.15) is 0 Å². The third-order valence-electron chi connectivity index (χ3n) is 5.01. The van der Waals surface area contributed by atoms with Crippen LogP contribution in [0.5, 0.6) is 11.5 Å². The molecule has 3 aromatic rings. The quantitative estimate of drug-likeness (QED) is 0.221. The van der Waals surface area contributed by atoms with E-state index in [2.05, 4.69) is 37.0 Å². The minimum atomic E-state index is -0.413. The molecule has 32 heavy (non-hydrogen) atoms. The summed E-state index contributed by atoms with van der Waals surface area (Å²) in [5, 5.41) is 14.3. The monoisotopic (exact) mass is 432 g/mol. The lowest BCUT2D eigenvalue weighted by molar-refractivity contribution is -0.384. The van der Waals surface area contributed by atoms with Gasteiger partial charge in [-0.05, 0) is 67.3 Å². The number of nitrogens with zero attached hydrogens (tertiary/aromatic N) is 1. The third kappa shape index (κ3) is 5.88. The van der Waals surface area contributed by atoms with Crippen LogP contribution in [0.2, 0.25) is 0 Å². The first-order valence-electron chi connectivity index (χ1n) is 10.6.